The van der Waals surface area contributed by atoms with Crippen molar-refractivity contribution in [3.63, 3.8) is 0 Å². The van der Waals surface area contributed by atoms with Crippen molar-refractivity contribution >= 4 is 28.3 Å². The SMILES string of the molecule is Cc1cc(Oc2nc3ccc(N)cc3[nH]2)ccc1Cl. The number of halogens is 1. The fraction of sp³-hybridized carbons (Fsp3) is 0.0714. The van der Waals surface area contributed by atoms with E-state index in [0.717, 1.165) is 16.6 Å². The van der Waals surface area contributed by atoms with E-state index in [2.05, 4.69) is 9.97 Å². The summed E-state index contributed by atoms with van der Waals surface area (Å²) in [7, 11) is 0. The van der Waals surface area contributed by atoms with Crippen LogP contribution in [0.2, 0.25) is 5.02 Å². The zero-order valence-electron chi connectivity index (χ0n) is 10.3. The third-order valence-corrected chi connectivity index (χ3v) is 3.25. The smallest absolute Gasteiger partial charge is 0.300 e. The number of aryl methyl sites for hydroxylation is 1. The lowest BCUT2D eigenvalue weighted by atomic mass is 10.2. The van der Waals surface area contributed by atoms with Crippen LogP contribution >= 0.6 is 11.6 Å². The Morgan fingerprint density at radius 3 is 2.84 bits per heavy atom. The van der Waals surface area contributed by atoms with E-state index in [-0.39, 0.29) is 0 Å². The molecule has 0 saturated heterocycles. The summed E-state index contributed by atoms with van der Waals surface area (Å²) in [4.78, 5) is 7.41. The van der Waals surface area contributed by atoms with Gasteiger partial charge in [-0.3, -0.25) is 0 Å². The summed E-state index contributed by atoms with van der Waals surface area (Å²) < 4.78 is 5.67. The van der Waals surface area contributed by atoms with Crippen LogP contribution in [0.15, 0.2) is 36.4 Å². The van der Waals surface area contributed by atoms with Gasteiger partial charge in [-0.25, -0.2) is 0 Å². The van der Waals surface area contributed by atoms with Gasteiger partial charge in [0, 0.05) is 10.7 Å². The monoisotopic (exact) mass is 273 g/mol. The second-order valence-electron chi connectivity index (χ2n) is 4.33. The minimum atomic E-state index is 0.433. The van der Waals surface area contributed by atoms with Gasteiger partial charge in [0.05, 0.1) is 11.0 Å². The van der Waals surface area contributed by atoms with Crippen molar-refractivity contribution in [3.05, 3.63) is 47.0 Å². The molecule has 3 rings (SSSR count). The number of hydrogen-bond donors (Lipinski definition) is 2. The second-order valence-corrected chi connectivity index (χ2v) is 4.74. The summed E-state index contributed by atoms with van der Waals surface area (Å²) in [5, 5.41) is 0.713. The molecule has 0 fully saturated rings. The summed E-state index contributed by atoms with van der Waals surface area (Å²) in [5.74, 6) is 0.689. The lowest BCUT2D eigenvalue weighted by molar-refractivity contribution is 0.449. The Morgan fingerprint density at radius 1 is 1.21 bits per heavy atom. The molecule has 0 spiro atoms. The Balaban J connectivity index is 1.94. The number of nitrogens with zero attached hydrogens (tertiary/aromatic N) is 1. The Morgan fingerprint density at radius 2 is 2.05 bits per heavy atom. The number of benzene rings is 2. The Bertz CT molecular complexity index is 752. The van der Waals surface area contributed by atoms with Crippen LogP contribution in [0.25, 0.3) is 11.0 Å². The molecule has 5 heteroatoms. The number of ether oxygens (including phenoxy) is 1. The predicted molar refractivity (Wildman–Crippen MR) is 76.8 cm³/mol. The van der Waals surface area contributed by atoms with Crippen molar-refractivity contribution in [1.29, 1.82) is 0 Å². The van der Waals surface area contributed by atoms with Crippen LogP contribution in [0, 0.1) is 6.92 Å². The van der Waals surface area contributed by atoms with Gasteiger partial charge in [0.15, 0.2) is 0 Å². The topological polar surface area (TPSA) is 63.9 Å². The number of nitrogen functional groups attached to an aromatic ring is 1. The second kappa shape index (κ2) is 4.48. The number of anilines is 1. The molecule has 2 aromatic carbocycles. The van der Waals surface area contributed by atoms with Gasteiger partial charge in [-0.2, -0.15) is 4.98 Å². The molecule has 1 heterocycles. The van der Waals surface area contributed by atoms with Crippen molar-refractivity contribution in [3.8, 4) is 11.8 Å². The van der Waals surface area contributed by atoms with Crippen LogP contribution in [-0.2, 0) is 0 Å². The van der Waals surface area contributed by atoms with Gasteiger partial charge in [0.1, 0.15) is 5.75 Å². The van der Waals surface area contributed by atoms with Gasteiger partial charge in [-0.05, 0) is 48.9 Å². The van der Waals surface area contributed by atoms with E-state index >= 15 is 0 Å². The van der Waals surface area contributed by atoms with Crippen LogP contribution < -0.4 is 10.5 Å². The van der Waals surface area contributed by atoms with Crippen LogP contribution in [-0.4, -0.2) is 9.97 Å². The maximum absolute atomic E-state index is 5.97. The quantitative estimate of drug-likeness (QED) is 0.696. The van der Waals surface area contributed by atoms with Crippen LogP contribution in [0.4, 0.5) is 5.69 Å². The zero-order chi connectivity index (χ0) is 13.4. The molecule has 3 N–H and O–H groups in total. The summed E-state index contributed by atoms with van der Waals surface area (Å²) in [5.41, 5.74) is 9.02. The van der Waals surface area contributed by atoms with E-state index in [9.17, 15) is 0 Å². The van der Waals surface area contributed by atoms with E-state index in [4.69, 9.17) is 22.1 Å². The summed E-state index contributed by atoms with van der Waals surface area (Å²) >= 11 is 5.97. The lowest BCUT2D eigenvalue weighted by Crippen LogP contribution is -1.87. The fourth-order valence-corrected chi connectivity index (χ4v) is 1.96. The third kappa shape index (κ3) is 2.35. The minimum Gasteiger partial charge on any atom is -0.426 e. The predicted octanol–water partition coefficient (Wildman–Crippen LogP) is 3.90. The normalized spacial score (nSPS) is 10.8. The molecule has 0 aliphatic heterocycles. The minimum absolute atomic E-state index is 0.433. The number of aromatic nitrogens is 2. The van der Waals surface area contributed by atoms with Gasteiger partial charge in [0.25, 0.3) is 6.01 Å². The zero-order valence-corrected chi connectivity index (χ0v) is 11.0. The first-order valence-electron chi connectivity index (χ1n) is 5.81. The molecule has 3 aromatic rings. The van der Waals surface area contributed by atoms with Gasteiger partial charge in [0.2, 0.25) is 0 Å². The number of nitrogens with two attached hydrogens (primary N) is 1. The number of rotatable bonds is 2. The van der Waals surface area contributed by atoms with Gasteiger partial charge in [-0.1, -0.05) is 11.6 Å². The number of H-pyrrole nitrogens is 1. The largest absolute Gasteiger partial charge is 0.426 e. The summed E-state index contributed by atoms with van der Waals surface area (Å²) in [6, 6.07) is 11.4. The van der Waals surface area contributed by atoms with E-state index in [1.165, 1.54) is 0 Å². The van der Waals surface area contributed by atoms with Crippen molar-refractivity contribution in [1.82, 2.24) is 9.97 Å². The Hall–Kier alpha value is -2.20. The molecule has 0 aliphatic rings. The first-order chi connectivity index (χ1) is 9.11. The van der Waals surface area contributed by atoms with Crippen molar-refractivity contribution in [2.45, 2.75) is 6.92 Å². The third-order valence-electron chi connectivity index (χ3n) is 2.83. The van der Waals surface area contributed by atoms with Crippen molar-refractivity contribution in [2.75, 3.05) is 5.73 Å². The molecular weight excluding hydrogens is 262 g/mol. The number of aromatic amines is 1. The molecule has 96 valence electrons. The van der Waals surface area contributed by atoms with Gasteiger partial charge < -0.3 is 15.5 Å². The average molecular weight is 274 g/mol. The summed E-state index contributed by atoms with van der Waals surface area (Å²) in [6.45, 7) is 1.93. The Labute approximate surface area is 115 Å². The van der Waals surface area contributed by atoms with E-state index < -0.39 is 0 Å². The number of nitrogens with one attached hydrogen (secondary N) is 1. The molecular formula is C14H12ClN3O. The molecule has 0 bridgehead atoms. The standard InChI is InChI=1S/C14H12ClN3O/c1-8-6-10(3-4-11(8)15)19-14-17-12-5-2-9(16)7-13(12)18-14/h2-7H,16H2,1H3,(H,17,18). The molecule has 0 saturated carbocycles. The molecule has 0 unspecified atom stereocenters. The number of fused-ring (bicyclic) bond motifs is 1. The molecule has 0 radical (unpaired) electrons. The maximum Gasteiger partial charge on any atom is 0.300 e. The lowest BCUT2D eigenvalue weighted by Gasteiger charge is -2.03. The van der Waals surface area contributed by atoms with E-state index in [0.29, 0.717) is 22.5 Å². The van der Waals surface area contributed by atoms with Crippen molar-refractivity contribution in [2.24, 2.45) is 0 Å². The molecule has 4 nitrogen and oxygen atoms in total. The maximum atomic E-state index is 5.97. The molecule has 1 aromatic heterocycles. The number of imidazole rings is 1. The fourth-order valence-electron chi connectivity index (χ4n) is 1.84. The van der Waals surface area contributed by atoms with E-state index in [1.807, 2.05) is 25.1 Å². The van der Waals surface area contributed by atoms with Gasteiger partial charge >= 0.3 is 0 Å². The van der Waals surface area contributed by atoms with Crippen LogP contribution in [0.3, 0.4) is 0 Å². The Kier molecular flexibility index (Phi) is 2.80. The summed E-state index contributed by atoms with van der Waals surface area (Å²) in [6.07, 6.45) is 0. The highest BCUT2D eigenvalue weighted by atomic mass is 35.5. The highest BCUT2D eigenvalue weighted by Gasteiger charge is 2.06. The number of hydrogen-bond acceptors (Lipinski definition) is 3. The average Bonchev–Trinajstić information content (AvgIpc) is 2.75. The first-order valence-corrected chi connectivity index (χ1v) is 6.19. The first kappa shape index (κ1) is 11.9. The molecule has 0 amide bonds. The van der Waals surface area contributed by atoms with E-state index in [1.54, 1.807) is 18.2 Å². The molecule has 0 aliphatic carbocycles. The highest BCUT2D eigenvalue weighted by molar-refractivity contribution is 6.31. The highest BCUT2D eigenvalue weighted by Crippen LogP contribution is 2.26. The molecule has 0 atom stereocenters. The van der Waals surface area contributed by atoms with Crippen LogP contribution in [0.1, 0.15) is 5.56 Å². The van der Waals surface area contributed by atoms with Gasteiger partial charge in [-0.15, -0.1) is 0 Å². The molecule has 19 heavy (non-hydrogen) atoms. The van der Waals surface area contributed by atoms with Crippen LogP contribution in [0.5, 0.6) is 11.8 Å². The van der Waals surface area contributed by atoms with Crippen molar-refractivity contribution < 1.29 is 4.74 Å².